The first kappa shape index (κ1) is 13.7. The highest BCUT2D eigenvalue weighted by molar-refractivity contribution is 6.31. The van der Waals surface area contributed by atoms with Crippen LogP contribution < -0.4 is 10.5 Å². The number of nitrogens with two attached hydrogens (primary N) is 1. The molecule has 1 heterocycles. The zero-order valence-electron chi connectivity index (χ0n) is 11.1. The highest BCUT2D eigenvalue weighted by Crippen LogP contribution is 2.30. The van der Waals surface area contributed by atoms with Crippen LogP contribution in [0, 0.1) is 6.92 Å². The molecule has 0 aliphatic carbocycles. The van der Waals surface area contributed by atoms with Crippen LogP contribution in [-0.4, -0.2) is 31.6 Å². The van der Waals surface area contributed by atoms with E-state index in [1.165, 1.54) is 12.8 Å². The number of likely N-dealkylation sites (tertiary alicyclic amines) is 1. The summed E-state index contributed by atoms with van der Waals surface area (Å²) in [7, 11) is 1.68. The van der Waals surface area contributed by atoms with Crippen LogP contribution >= 0.6 is 11.6 Å². The molecule has 1 aliphatic rings. The van der Waals surface area contributed by atoms with E-state index in [0.29, 0.717) is 0 Å². The second-order valence-corrected chi connectivity index (χ2v) is 5.36. The molecule has 2 rings (SSSR count). The Labute approximate surface area is 114 Å². The Morgan fingerprint density at radius 3 is 2.67 bits per heavy atom. The van der Waals surface area contributed by atoms with Gasteiger partial charge in [0.15, 0.2) is 0 Å². The summed E-state index contributed by atoms with van der Waals surface area (Å²) in [5, 5.41) is 0.752. The molecule has 1 atom stereocenters. The lowest BCUT2D eigenvalue weighted by Gasteiger charge is -2.22. The fourth-order valence-corrected chi connectivity index (χ4v) is 2.65. The highest BCUT2D eigenvalue weighted by atomic mass is 35.5. The van der Waals surface area contributed by atoms with Gasteiger partial charge in [-0.2, -0.15) is 0 Å². The summed E-state index contributed by atoms with van der Waals surface area (Å²) in [5.41, 5.74) is 8.31. The van der Waals surface area contributed by atoms with Gasteiger partial charge in [0.2, 0.25) is 0 Å². The average molecular weight is 269 g/mol. The maximum Gasteiger partial charge on any atom is 0.124 e. The maximum absolute atomic E-state index is 6.29. The van der Waals surface area contributed by atoms with E-state index in [1.54, 1.807) is 7.11 Å². The van der Waals surface area contributed by atoms with Gasteiger partial charge in [-0.15, -0.1) is 0 Å². The topological polar surface area (TPSA) is 38.5 Å². The SMILES string of the molecule is COc1cc(C)c(Cl)cc1C(N)CN1CCCC1. The van der Waals surface area contributed by atoms with Crippen LogP contribution in [0.15, 0.2) is 12.1 Å². The first-order valence-electron chi connectivity index (χ1n) is 6.43. The first-order chi connectivity index (χ1) is 8.61. The number of ether oxygens (including phenoxy) is 1. The largest absolute Gasteiger partial charge is 0.496 e. The predicted octanol–water partition coefficient (Wildman–Crippen LogP) is 2.75. The number of methoxy groups -OCH3 is 1. The van der Waals surface area contributed by atoms with Gasteiger partial charge in [0.25, 0.3) is 0 Å². The van der Waals surface area contributed by atoms with Crippen molar-refractivity contribution >= 4 is 11.6 Å². The summed E-state index contributed by atoms with van der Waals surface area (Å²) in [5.74, 6) is 0.837. The highest BCUT2D eigenvalue weighted by Gasteiger charge is 2.19. The molecule has 0 bridgehead atoms. The van der Waals surface area contributed by atoms with Crippen molar-refractivity contribution in [3.05, 3.63) is 28.3 Å². The van der Waals surface area contributed by atoms with Gasteiger partial charge >= 0.3 is 0 Å². The minimum absolute atomic E-state index is 0.0452. The Morgan fingerprint density at radius 1 is 1.39 bits per heavy atom. The van der Waals surface area contributed by atoms with E-state index in [2.05, 4.69) is 4.90 Å². The minimum Gasteiger partial charge on any atom is -0.496 e. The number of rotatable bonds is 4. The van der Waals surface area contributed by atoms with Crippen molar-refractivity contribution in [2.45, 2.75) is 25.8 Å². The molecule has 0 spiro atoms. The predicted molar refractivity (Wildman–Crippen MR) is 75.3 cm³/mol. The fraction of sp³-hybridized carbons (Fsp3) is 0.571. The van der Waals surface area contributed by atoms with E-state index in [4.69, 9.17) is 22.1 Å². The van der Waals surface area contributed by atoms with Crippen molar-refractivity contribution in [2.75, 3.05) is 26.7 Å². The van der Waals surface area contributed by atoms with E-state index in [0.717, 1.165) is 41.5 Å². The van der Waals surface area contributed by atoms with Crippen molar-refractivity contribution in [2.24, 2.45) is 5.73 Å². The summed E-state index contributed by atoms with van der Waals surface area (Å²) < 4.78 is 5.41. The van der Waals surface area contributed by atoms with E-state index < -0.39 is 0 Å². The second-order valence-electron chi connectivity index (χ2n) is 4.96. The number of benzene rings is 1. The summed E-state index contributed by atoms with van der Waals surface area (Å²) in [6, 6.07) is 3.86. The Hall–Kier alpha value is -0.770. The zero-order chi connectivity index (χ0) is 13.1. The molecule has 100 valence electrons. The Kier molecular flexibility index (Phi) is 4.49. The van der Waals surface area contributed by atoms with Crippen molar-refractivity contribution < 1.29 is 4.74 Å². The monoisotopic (exact) mass is 268 g/mol. The van der Waals surface area contributed by atoms with Crippen molar-refractivity contribution in [1.29, 1.82) is 0 Å². The summed E-state index contributed by atoms with van der Waals surface area (Å²) in [6.07, 6.45) is 2.55. The lowest BCUT2D eigenvalue weighted by Crippen LogP contribution is -2.30. The van der Waals surface area contributed by atoms with E-state index in [9.17, 15) is 0 Å². The van der Waals surface area contributed by atoms with E-state index in [1.807, 2.05) is 19.1 Å². The third-order valence-corrected chi connectivity index (χ3v) is 3.97. The van der Waals surface area contributed by atoms with Crippen LogP contribution in [0.3, 0.4) is 0 Å². The first-order valence-corrected chi connectivity index (χ1v) is 6.81. The van der Waals surface area contributed by atoms with Gasteiger partial charge in [0, 0.05) is 23.2 Å². The molecule has 18 heavy (non-hydrogen) atoms. The van der Waals surface area contributed by atoms with Crippen molar-refractivity contribution in [3.63, 3.8) is 0 Å². The van der Waals surface area contributed by atoms with Gasteiger partial charge in [0.05, 0.1) is 7.11 Å². The summed E-state index contributed by atoms with van der Waals surface area (Å²) >= 11 is 6.18. The lowest BCUT2D eigenvalue weighted by molar-refractivity contribution is 0.311. The minimum atomic E-state index is -0.0452. The Morgan fingerprint density at radius 2 is 2.06 bits per heavy atom. The quantitative estimate of drug-likeness (QED) is 0.913. The molecule has 4 heteroatoms. The molecule has 1 aromatic carbocycles. The molecule has 1 aromatic rings. The van der Waals surface area contributed by atoms with Crippen LogP contribution in [-0.2, 0) is 0 Å². The van der Waals surface area contributed by atoms with Crippen molar-refractivity contribution in [3.8, 4) is 5.75 Å². The molecule has 2 N–H and O–H groups in total. The van der Waals surface area contributed by atoms with Crippen LogP contribution in [0.5, 0.6) is 5.75 Å². The molecule has 1 saturated heterocycles. The van der Waals surface area contributed by atoms with E-state index in [-0.39, 0.29) is 6.04 Å². The summed E-state index contributed by atoms with van der Waals surface area (Å²) in [4.78, 5) is 2.40. The van der Waals surface area contributed by atoms with Gasteiger partial charge in [-0.25, -0.2) is 0 Å². The fourth-order valence-electron chi connectivity index (χ4n) is 2.48. The standard InChI is InChI=1S/C14H21ClN2O/c1-10-7-14(18-2)11(8-12(10)15)13(16)9-17-5-3-4-6-17/h7-8,13H,3-6,9,16H2,1-2H3. The lowest BCUT2D eigenvalue weighted by atomic mass is 10.0. The van der Waals surface area contributed by atoms with Gasteiger partial charge in [-0.3, -0.25) is 0 Å². The molecule has 3 nitrogen and oxygen atoms in total. The molecular weight excluding hydrogens is 248 g/mol. The third-order valence-electron chi connectivity index (χ3n) is 3.56. The van der Waals surface area contributed by atoms with Gasteiger partial charge in [0.1, 0.15) is 5.75 Å². The van der Waals surface area contributed by atoms with Crippen LogP contribution in [0.1, 0.15) is 30.0 Å². The number of hydrogen-bond donors (Lipinski definition) is 1. The van der Waals surface area contributed by atoms with Gasteiger partial charge in [-0.05, 0) is 50.6 Å². The number of hydrogen-bond acceptors (Lipinski definition) is 3. The number of nitrogens with zero attached hydrogens (tertiary/aromatic N) is 1. The van der Waals surface area contributed by atoms with Crippen LogP contribution in [0.2, 0.25) is 5.02 Å². The molecule has 0 aromatic heterocycles. The molecule has 1 aliphatic heterocycles. The van der Waals surface area contributed by atoms with Gasteiger partial charge < -0.3 is 15.4 Å². The Balaban J connectivity index is 2.17. The van der Waals surface area contributed by atoms with Crippen LogP contribution in [0.25, 0.3) is 0 Å². The Bertz CT molecular complexity index is 417. The smallest absolute Gasteiger partial charge is 0.124 e. The molecule has 0 amide bonds. The van der Waals surface area contributed by atoms with Crippen LogP contribution in [0.4, 0.5) is 0 Å². The molecule has 1 unspecified atom stereocenters. The second kappa shape index (κ2) is 5.91. The maximum atomic E-state index is 6.29. The molecule has 1 fully saturated rings. The van der Waals surface area contributed by atoms with E-state index >= 15 is 0 Å². The normalized spacial score (nSPS) is 18.0. The molecule has 0 saturated carbocycles. The number of halogens is 1. The zero-order valence-corrected chi connectivity index (χ0v) is 11.8. The molecule has 0 radical (unpaired) electrons. The number of aryl methyl sites for hydroxylation is 1. The summed E-state index contributed by atoms with van der Waals surface area (Å²) in [6.45, 7) is 5.14. The van der Waals surface area contributed by atoms with Crippen molar-refractivity contribution in [1.82, 2.24) is 4.90 Å². The third kappa shape index (κ3) is 2.97. The molecular formula is C14H21ClN2O. The average Bonchev–Trinajstić information content (AvgIpc) is 2.84. The van der Waals surface area contributed by atoms with Gasteiger partial charge in [-0.1, -0.05) is 11.6 Å².